The molecule has 0 radical (unpaired) electrons. The lowest BCUT2D eigenvalue weighted by Gasteiger charge is -2.25. The number of hydrogen-bond donors (Lipinski definition) is 1. The van der Waals surface area contributed by atoms with Gasteiger partial charge in [0, 0.05) is 25.0 Å². The van der Waals surface area contributed by atoms with Crippen LogP contribution in [-0.4, -0.2) is 39.2 Å². The summed E-state index contributed by atoms with van der Waals surface area (Å²) in [4.78, 5) is 32.2. The first-order chi connectivity index (χ1) is 13.5. The molecule has 0 atom stereocenters. The van der Waals surface area contributed by atoms with Crippen LogP contribution in [0.3, 0.4) is 0 Å². The number of anilines is 1. The highest BCUT2D eigenvalue weighted by atomic mass is 16.2. The summed E-state index contributed by atoms with van der Waals surface area (Å²) in [5, 5.41) is 2.91. The number of imidazole rings is 1. The van der Waals surface area contributed by atoms with Gasteiger partial charge in [0.2, 0.25) is 5.82 Å². The summed E-state index contributed by atoms with van der Waals surface area (Å²) in [5.74, 6) is -0.140. The van der Waals surface area contributed by atoms with E-state index in [0.717, 1.165) is 37.9 Å². The Morgan fingerprint density at radius 1 is 1.00 bits per heavy atom. The van der Waals surface area contributed by atoms with Gasteiger partial charge in [0.15, 0.2) is 5.69 Å². The zero-order valence-electron chi connectivity index (χ0n) is 16.2. The number of likely N-dealkylation sites (tertiary alicyclic amines) is 1. The maximum Gasteiger partial charge on any atom is 0.290 e. The summed E-state index contributed by atoms with van der Waals surface area (Å²) in [7, 11) is 0. The minimum absolute atomic E-state index is 0.119. The van der Waals surface area contributed by atoms with Crippen molar-refractivity contribution in [2.45, 2.75) is 33.1 Å². The molecule has 1 saturated heterocycles. The lowest BCUT2D eigenvalue weighted by Crippen LogP contribution is -2.36. The molecule has 0 saturated carbocycles. The van der Waals surface area contributed by atoms with Crippen LogP contribution in [0.25, 0.3) is 5.52 Å². The van der Waals surface area contributed by atoms with Crippen molar-refractivity contribution in [2.75, 3.05) is 18.4 Å². The molecule has 0 spiro atoms. The summed E-state index contributed by atoms with van der Waals surface area (Å²) in [6.07, 6.45) is 4.95. The highest BCUT2D eigenvalue weighted by molar-refractivity contribution is 6.09. The van der Waals surface area contributed by atoms with Crippen molar-refractivity contribution in [1.29, 1.82) is 0 Å². The Hall–Kier alpha value is -3.15. The van der Waals surface area contributed by atoms with Crippen LogP contribution in [0, 0.1) is 13.8 Å². The molecule has 28 heavy (non-hydrogen) atoms. The molecule has 1 aliphatic heterocycles. The second-order valence-corrected chi connectivity index (χ2v) is 7.35. The van der Waals surface area contributed by atoms with Gasteiger partial charge in [0.05, 0.1) is 5.52 Å². The number of rotatable bonds is 3. The van der Waals surface area contributed by atoms with Crippen molar-refractivity contribution in [3.05, 3.63) is 65.2 Å². The zero-order chi connectivity index (χ0) is 19.7. The van der Waals surface area contributed by atoms with Crippen LogP contribution >= 0.6 is 0 Å². The highest BCUT2D eigenvalue weighted by Crippen LogP contribution is 2.20. The van der Waals surface area contributed by atoms with E-state index >= 15 is 0 Å². The minimum atomic E-state index is -0.315. The third-order valence-corrected chi connectivity index (χ3v) is 5.36. The molecule has 1 aliphatic rings. The van der Waals surface area contributed by atoms with Crippen molar-refractivity contribution in [3.8, 4) is 0 Å². The van der Waals surface area contributed by atoms with Crippen molar-refractivity contribution in [2.24, 2.45) is 0 Å². The zero-order valence-corrected chi connectivity index (χ0v) is 16.2. The van der Waals surface area contributed by atoms with Crippen LogP contribution in [0.5, 0.6) is 0 Å². The Morgan fingerprint density at radius 3 is 2.54 bits per heavy atom. The molecule has 1 fully saturated rings. The number of benzene rings is 1. The highest BCUT2D eigenvalue weighted by Gasteiger charge is 2.26. The van der Waals surface area contributed by atoms with E-state index in [2.05, 4.69) is 10.3 Å². The fraction of sp³-hybridized carbons (Fsp3) is 0.318. The third-order valence-electron chi connectivity index (χ3n) is 5.36. The third kappa shape index (κ3) is 3.38. The first kappa shape index (κ1) is 18.2. The molecular weight excluding hydrogens is 352 g/mol. The molecule has 2 aromatic heterocycles. The lowest BCUT2D eigenvalue weighted by molar-refractivity contribution is 0.0711. The van der Waals surface area contributed by atoms with E-state index in [0.29, 0.717) is 17.0 Å². The van der Waals surface area contributed by atoms with Crippen molar-refractivity contribution < 1.29 is 9.59 Å². The Morgan fingerprint density at radius 2 is 1.79 bits per heavy atom. The largest absolute Gasteiger partial charge is 0.336 e. The van der Waals surface area contributed by atoms with Gasteiger partial charge in [-0.05, 0) is 68.5 Å². The number of carbonyl (C=O) groups is 2. The van der Waals surface area contributed by atoms with Crippen LogP contribution in [0.2, 0.25) is 0 Å². The Balaban J connectivity index is 1.68. The molecule has 6 nitrogen and oxygen atoms in total. The number of carbonyl (C=O) groups excluding carboxylic acids is 2. The molecule has 144 valence electrons. The Labute approximate surface area is 164 Å². The van der Waals surface area contributed by atoms with Crippen LogP contribution in [0.4, 0.5) is 5.69 Å². The monoisotopic (exact) mass is 376 g/mol. The molecule has 0 unspecified atom stereocenters. The van der Waals surface area contributed by atoms with Crippen molar-refractivity contribution in [3.63, 3.8) is 0 Å². The Bertz CT molecular complexity index is 1050. The second-order valence-electron chi connectivity index (χ2n) is 7.35. The van der Waals surface area contributed by atoms with Gasteiger partial charge in [0.1, 0.15) is 0 Å². The van der Waals surface area contributed by atoms with Gasteiger partial charge in [0.25, 0.3) is 11.8 Å². The van der Waals surface area contributed by atoms with Gasteiger partial charge in [-0.15, -0.1) is 0 Å². The van der Waals surface area contributed by atoms with E-state index in [9.17, 15) is 9.59 Å². The van der Waals surface area contributed by atoms with E-state index in [-0.39, 0.29) is 17.5 Å². The number of nitrogens with zero attached hydrogens (tertiary/aromatic N) is 3. The van der Waals surface area contributed by atoms with Crippen LogP contribution in [0.1, 0.15) is 51.5 Å². The minimum Gasteiger partial charge on any atom is -0.336 e. The van der Waals surface area contributed by atoms with Gasteiger partial charge in [-0.2, -0.15) is 0 Å². The fourth-order valence-corrected chi connectivity index (χ4v) is 3.60. The summed E-state index contributed by atoms with van der Waals surface area (Å²) >= 11 is 0. The molecule has 2 amide bonds. The van der Waals surface area contributed by atoms with Gasteiger partial charge in [-0.25, -0.2) is 4.98 Å². The molecule has 1 N–H and O–H groups in total. The summed E-state index contributed by atoms with van der Waals surface area (Å²) < 4.78 is 1.71. The quantitative estimate of drug-likeness (QED) is 0.755. The summed E-state index contributed by atoms with van der Waals surface area (Å²) in [6, 6.07) is 11.3. The smallest absolute Gasteiger partial charge is 0.290 e. The normalized spacial score (nSPS) is 14.3. The topological polar surface area (TPSA) is 66.7 Å². The molecule has 0 bridgehead atoms. The summed E-state index contributed by atoms with van der Waals surface area (Å²) in [5.41, 5.74) is 3.88. The number of piperidine rings is 1. The van der Waals surface area contributed by atoms with Crippen molar-refractivity contribution >= 4 is 23.0 Å². The number of pyridine rings is 1. The van der Waals surface area contributed by atoms with Gasteiger partial charge in [-0.3, -0.25) is 14.0 Å². The molecule has 6 heteroatoms. The van der Waals surface area contributed by atoms with E-state index < -0.39 is 0 Å². The maximum atomic E-state index is 13.0. The van der Waals surface area contributed by atoms with Crippen LogP contribution in [-0.2, 0) is 0 Å². The number of nitrogens with one attached hydrogen (secondary N) is 1. The molecule has 1 aromatic carbocycles. The van der Waals surface area contributed by atoms with E-state index in [1.807, 2.05) is 55.1 Å². The van der Waals surface area contributed by atoms with Crippen LogP contribution < -0.4 is 5.32 Å². The van der Waals surface area contributed by atoms with Crippen LogP contribution in [0.15, 0.2) is 42.6 Å². The molecule has 3 aromatic rings. The fourth-order valence-electron chi connectivity index (χ4n) is 3.60. The van der Waals surface area contributed by atoms with E-state index in [1.165, 1.54) is 5.56 Å². The first-order valence-electron chi connectivity index (χ1n) is 9.69. The number of aryl methyl sites for hydroxylation is 2. The average Bonchev–Trinajstić information content (AvgIpc) is 3.11. The SMILES string of the molecule is Cc1ccc(NC(=O)c2nc(C(=O)N3CCCCC3)n3ccccc23)cc1C. The van der Waals surface area contributed by atoms with E-state index in [1.54, 1.807) is 10.6 Å². The van der Waals surface area contributed by atoms with E-state index in [4.69, 9.17) is 0 Å². The number of fused-ring (bicyclic) bond motifs is 1. The number of aromatic nitrogens is 2. The Kier molecular flexibility index (Phi) is 4.86. The molecule has 4 rings (SSSR count). The standard InChI is InChI=1S/C22H24N4O2/c1-15-9-10-17(14-16(15)2)23-21(27)19-18-8-4-7-13-26(18)20(24-19)22(28)25-11-5-3-6-12-25/h4,7-10,13-14H,3,5-6,11-12H2,1-2H3,(H,23,27). The molecule has 3 heterocycles. The second kappa shape index (κ2) is 7.46. The molecular formula is C22H24N4O2. The average molecular weight is 376 g/mol. The van der Waals surface area contributed by atoms with Gasteiger partial charge < -0.3 is 10.2 Å². The number of amides is 2. The lowest BCUT2D eigenvalue weighted by atomic mass is 10.1. The first-order valence-corrected chi connectivity index (χ1v) is 9.69. The number of hydrogen-bond acceptors (Lipinski definition) is 3. The van der Waals surface area contributed by atoms with Crippen molar-refractivity contribution in [1.82, 2.24) is 14.3 Å². The van der Waals surface area contributed by atoms with Gasteiger partial charge >= 0.3 is 0 Å². The summed E-state index contributed by atoms with van der Waals surface area (Å²) in [6.45, 7) is 5.52. The van der Waals surface area contributed by atoms with Gasteiger partial charge in [-0.1, -0.05) is 12.1 Å². The predicted molar refractivity (Wildman–Crippen MR) is 109 cm³/mol. The maximum absolute atomic E-state index is 13.0. The predicted octanol–water partition coefficient (Wildman–Crippen LogP) is 3.83. The molecule has 0 aliphatic carbocycles.